The smallest absolute Gasteiger partial charge is 0.229 e. The summed E-state index contributed by atoms with van der Waals surface area (Å²) in [5, 5.41) is 78.7. The first-order valence-electron chi connectivity index (χ1n) is 9.69. The summed E-state index contributed by atoms with van der Waals surface area (Å²) >= 11 is 0. The fourth-order valence-electron chi connectivity index (χ4n) is 3.42. The van der Waals surface area contributed by atoms with Gasteiger partial charge < -0.3 is 64.2 Å². The summed E-state index contributed by atoms with van der Waals surface area (Å²) in [6.45, 7) is -2.00. The van der Waals surface area contributed by atoms with E-state index in [4.69, 9.17) is 23.4 Å². The third kappa shape index (κ3) is 4.95. The van der Waals surface area contributed by atoms with E-state index in [9.17, 15) is 45.6 Å². The normalized spacial score (nSPS) is 40.2. The molecule has 182 valence electrons. The molecular weight excluding hydrogens is 440 g/mol. The maximum absolute atomic E-state index is 12.1. The molecule has 0 spiro atoms. The lowest BCUT2D eigenvalue weighted by molar-refractivity contribution is -0.311. The lowest BCUT2D eigenvalue weighted by Gasteiger charge is -2.43. The van der Waals surface area contributed by atoms with E-state index in [0.717, 1.165) is 12.3 Å². The Morgan fingerprint density at radius 1 is 0.875 bits per heavy atom. The standard InChI is InChI=1S/C18H26O14/c19-3-7-11(23)16(29-5-9-10(22)12(24)13(25)17(27)30-9)14(26)18(31-7)32-15-6(21)1-2-28-8(15)4-20/h1-2,7,9-14,16-20,22-27H,3-5H2/t7-,9-,10-,11-,12+,13-,14-,16+,17-,18+/m1/s1. The molecule has 2 aliphatic rings. The maximum atomic E-state index is 12.1. The molecule has 32 heavy (non-hydrogen) atoms. The van der Waals surface area contributed by atoms with Gasteiger partial charge in [-0.05, 0) is 0 Å². The Morgan fingerprint density at radius 2 is 1.59 bits per heavy atom. The van der Waals surface area contributed by atoms with Crippen molar-refractivity contribution in [1.29, 1.82) is 0 Å². The van der Waals surface area contributed by atoms with Gasteiger partial charge in [0.05, 0.1) is 19.5 Å². The third-order valence-electron chi connectivity index (χ3n) is 5.25. The van der Waals surface area contributed by atoms with Crippen LogP contribution in [-0.4, -0.2) is 115 Å². The van der Waals surface area contributed by atoms with Crippen molar-refractivity contribution in [3.05, 3.63) is 28.3 Å². The van der Waals surface area contributed by atoms with Gasteiger partial charge in [-0.25, -0.2) is 0 Å². The summed E-state index contributed by atoms with van der Waals surface area (Å²) in [6, 6.07) is 1.00. The van der Waals surface area contributed by atoms with Crippen LogP contribution in [0.1, 0.15) is 5.76 Å². The van der Waals surface area contributed by atoms with Crippen molar-refractivity contribution >= 4 is 0 Å². The Balaban J connectivity index is 1.75. The van der Waals surface area contributed by atoms with Gasteiger partial charge in [0.15, 0.2) is 12.1 Å². The van der Waals surface area contributed by atoms with E-state index in [2.05, 4.69) is 0 Å². The van der Waals surface area contributed by atoms with E-state index in [1.165, 1.54) is 0 Å². The van der Waals surface area contributed by atoms with Gasteiger partial charge in [-0.15, -0.1) is 0 Å². The number of aliphatic hydroxyl groups excluding tert-OH is 8. The highest BCUT2D eigenvalue weighted by Gasteiger charge is 2.48. The summed E-state index contributed by atoms with van der Waals surface area (Å²) in [5.41, 5.74) is -0.694. The van der Waals surface area contributed by atoms with Crippen LogP contribution in [0.4, 0.5) is 0 Å². The molecule has 3 rings (SSSR count). The second kappa shape index (κ2) is 10.5. The molecule has 0 aliphatic carbocycles. The quantitative estimate of drug-likeness (QED) is 0.188. The van der Waals surface area contributed by atoms with E-state index < -0.39 is 92.4 Å². The van der Waals surface area contributed by atoms with Crippen molar-refractivity contribution in [1.82, 2.24) is 0 Å². The first kappa shape index (κ1) is 24.9. The van der Waals surface area contributed by atoms with Gasteiger partial charge in [0.2, 0.25) is 17.5 Å². The Kier molecular flexibility index (Phi) is 8.18. The molecule has 0 saturated carbocycles. The van der Waals surface area contributed by atoms with Crippen LogP contribution in [0.2, 0.25) is 0 Å². The molecule has 1 aromatic rings. The minimum Gasteiger partial charge on any atom is -0.463 e. The molecule has 0 aromatic carbocycles. The van der Waals surface area contributed by atoms with Crippen molar-refractivity contribution in [2.24, 2.45) is 0 Å². The van der Waals surface area contributed by atoms with Crippen molar-refractivity contribution in [2.45, 2.75) is 68.0 Å². The summed E-state index contributed by atoms with van der Waals surface area (Å²) in [4.78, 5) is 12.1. The topological polar surface area (TPSA) is 229 Å². The molecule has 2 aliphatic heterocycles. The molecule has 0 amide bonds. The van der Waals surface area contributed by atoms with Gasteiger partial charge in [-0.2, -0.15) is 0 Å². The second-order valence-electron chi connectivity index (χ2n) is 7.35. The monoisotopic (exact) mass is 466 g/mol. The summed E-state index contributed by atoms with van der Waals surface area (Å²) < 4.78 is 26.0. The average Bonchev–Trinajstić information content (AvgIpc) is 2.78. The average molecular weight is 466 g/mol. The van der Waals surface area contributed by atoms with E-state index in [-0.39, 0.29) is 5.76 Å². The van der Waals surface area contributed by atoms with E-state index >= 15 is 0 Å². The molecule has 14 nitrogen and oxygen atoms in total. The molecular formula is C18H26O14. The SMILES string of the molecule is O=c1ccoc(CO)c1O[C@@H]1O[C@H](CO)[C@@H](O)[C@H](OC[C@H]2O[C@@H](O)[C@H](O)[C@@H](O)[C@@H]2O)[C@H]1O. The Bertz CT molecular complexity index is 800. The van der Waals surface area contributed by atoms with E-state index in [1.807, 2.05) is 0 Å². The van der Waals surface area contributed by atoms with Crippen LogP contribution in [0, 0.1) is 0 Å². The number of ether oxygens (including phenoxy) is 4. The first-order valence-corrected chi connectivity index (χ1v) is 9.69. The highest BCUT2D eigenvalue weighted by Crippen LogP contribution is 2.28. The van der Waals surface area contributed by atoms with E-state index in [0.29, 0.717) is 0 Å². The number of hydrogen-bond acceptors (Lipinski definition) is 14. The lowest BCUT2D eigenvalue weighted by atomic mass is 9.97. The van der Waals surface area contributed by atoms with Crippen LogP contribution in [0.3, 0.4) is 0 Å². The Morgan fingerprint density at radius 3 is 2.25 bits per heavy atom. The second-order valence-corrected chi connectivity index (χ2v) is 7.35. The van der Waals surface area contributed by atoms with E-state index in [1.54, 1.807) is 0 Å². The molecule has 3 heterocycles. The summed E-state index contributed by atoms with van der Waals surface area (Å²) in [7, 11) is 0. The molecule has 0 unspecified atom stereocenters. The molecule has 0 radical (unpaired) electrons. The zero-order chi connectivity index (χ0) is 23.6. The molecule has 14 heteroatoms. The van der Waals surface area contributed by atoms with Crippen molar-refractivity contribution in [3.8, 4) is 5.75 Å². The maximum Gasteiger partial charge on any atom is 0.229 e. The highest BCUT2D eigenvalue weighted by atomic mass is 16.7. The Hall–Kier alpha value is -1.69. The van der Waals surface area contributed by atoms with Crippen LogP contribution >= 0.6 is 0 Å². The Labute approximate surface area is 180 Å². The summed E-state index contributed by atoms with van der Waals surface area (Å²) in [6.07, 6.45) is -15.1. The molecule has 1 aromatic heterocycles. The first-order chi connectivity index (χ1) is 15.2. The van der Waals surface area contributed by atoms with Gasteiger partial charge in [0.1, 0.15) is 55.4 Å². The van der Waals surface area contributed by atoms with Gasteiger partial charge in [-0.3, -0.25) is 4.79 Å². The molecule has 10 atom stereocenters. The molecule has 2 fully saturated rings. The minimum absolute atomic E-state index is 0.252. The third-order valence-corrected chi connectivity index (χ3v) is 5.25. The number of aliphatic hydroxyl groups is 8. The number of rotatable bonds is 7. The number of hydrogen-bond donors (Lipinski definition) is 8. The predicted octanol–water partition coefficient (Wildman–Crippen LogP) is -4.86. The van der Waals surface area contributed by atoms with Crippen LogP contribution < -0.4 is 10.2 Å². The van der Waals surface area contributed by atoms with Crippen LogP contribution in [-0.2, 0) is 20.8 Å². The van der Waals surface area contributed by atoms with Crippen molar-refractivity contribution in [2.75, 3.05) is 13.2 Å². The van der Waals surface area contributed by atoms with Gasteiger partial charge >= 0.3 is 0 Å². The molecule has 0 bridgehead atoms. The molecule has 8 N–H and O–H groups in total. The predicted molar refractivity (Wildman–Crippen MR) is 97.9 cm³/mol. The van der Waals surface area contributed by atoms with Crippen LogP contribution in [0.5, 0.6) is 5.75 Å². The van der Waals surface area contributed by atoms with Crippen molar-refractivity contribution < 1.29 is 64.2 Å². The largest absolute Gasteiger partial charge is 0.463 e. The van der Waals surface area contributed by atoms with Gasteiger partial charge in [0.25, 0.3) is 0 Å². The zero-order valence-electron chi connectivity index (χ0n) is 16.6. The fraction of sp³-hybridized carbons (Fsp3) is 0.722. The zero-order valence-corrected chi connectivity index (χ0v) is 16.6. The van der Waals surface area contributed by atoms with Gasteiger partial charge in [-0.1, -0.05) is 0 Å². The summed E-state index contributed by atoms with van der Waals surface area (Å²) in [5.74, 6) is -0.713. The lowest BCUT2D eigenvalue weighted by Crippen LogP contribution is -2.63. The van der Waals surface area contributed by atoms with Gasteiger partial charge in [0, 0.05) is 6.07 Å². The minimum atomic E-state index is -1.82. The van der Waals surface area contributed by atoms with Crippen molar-refractivity contribution in [3.63, 3.8) is 0 Å². The molecule has 2 saturated heterocycles. The fourth-order valence-corrected chi connectivity index (χ4v) is 3.42. The highest BCUT2D eigenvalue weighted by molar-refractivity contribution is 5.24. The van der Waals surface area contributed by atoms with Crippen LogP contribution in [0.15, 0.2) is 21.5 Å². The van der Waals surface area contributed by atoms with Crippen LogP contribution in [0.25, 0.3) is 0 Å².